The van der Waals surface area contributed by atoms with Crippen LogP contribution in [-0.2, 0) is 19.4 Å². The molecule has 0 bridgehead atoms. The molecule has 0 aliphatic heterocycles. The molecule has 0 fully saturated rings. The molecule has 1 N–H and O–H groups in total. The van der Waals surface area contributed by atoms with E-state index in [4.69, 9.17) is 0 Å². The lowest BCUT2D eigenvalue weighted by atomic mass is 10.2. The third kappa shape index (κ3) is 2.32. The number of benzene rings is 1. The van der Waals surface area contributed by atoms with Gasteiger partial charge < -0.3 is 9.84 Å². The van der Waals surface area contributed by atoms with Crippen LogP contribution in [0.15, 0.2) is 29.2 Å². The van der Waals surface area contributed by atoms with Gasteiger partial charge in [0.1, 0.15) is 0 Å². The van der Waals surface area contributed by atoms with Crippen LogP contribution in [0, 0.1) is 6.92 Å². The maximum Gasteiger partial charge on any atom is 0.354 e. The molecule has 6 heteroatoms. The maximum atomic E-state index is 12.0. The molecular weight excluding hydrogens is 244 g/mol. The number of aliphatic hydroxyl groups is 1. The van der Waals surface area contributed by atoms with Crippen molar-refractivity contribution in [3.63, 3.8) is 0 Å². The van der Waals surface area contributed by atoms with Crippen LogP contribution in [0.2, 0.25) is 0 Å². The Kier molecular flexibility index (Phi) is 3.59. The molecule has 0 aliphatic carbocycles. The summed E-state index contributed by atoms with van der Waals surface area (Å²) in [6.45, 7) is 2.70. The number of hydrogen-bond donors (Lipinski definition) is 1. The fourth-order valence-electron chi connectivity index (χ4n) is 1.25. The molecule has 0 saturated carbocycles. The highest BCUT2D eigenvalue weighted by atomic mass is 32.2. The summed E-state index contributed by atoms with van der Waals surface area (Å²) in [6, 6.07) is 5.84. The first-order chi connectivity index (χ1) is 7.73. The van der Waals surface area contributed by atoms with Gasteiger partial charge in [0.25, 0.3) is 4.93 Å². The SMILES string of the molecule is COC(=O)C(C)(O)S(=O)(=O)c1ccc(C)cc1. The minimum absolute atomic E-state index is 0.126. The minimum atomic E-state index is -4.19. The molecule has 0 saturated heterocycles. The third-order valence-electron chi connectivity index (χ3n) is 2.42. The van der Waals surface area contributed by atoms with Crippen LogP contribution in [-0.4, -0.2) is 31.5 Å². The largest absolute Gasteiger partial charge is 0.466 e. The average molecular weight is 258 g/mol. The number of rotatable bonds is 3. The number of aryl methyl sites for hydroxylation is 1. The van der Waals surface area contributed by atoms with E-state index in [0.29, 0.717) is 0 Å². The van der Waals surface area contributed by atoms with Crippen LogP contribution in [0.1, 0.15) is 12.5 Å². The maximum absolute atomic E-state index is 12.0. The first-order valence-corrected chi connectivity index (χ1v) is 6.34. The molecule has 1 atom stereocenters. The van der Waals surface area contributed by atoms with Crippen molar-refractivity contribution < 1.29 is 23.1 Å². The second-order valence-corrected chi connectivity index (χ2v) is 6.06. The molecule has 1 rings (SSSR count). The van der Waals surface area contributed by atoms with E-state index in [1.165, 1.54) is 12.1 Å². The quantitative estimate of drug-likeness (QED) is 0.805. The van der Waals surface area contributed by atoms with Crippen LogP contribution in [0.4, 0.5) is 0 Å². The van der Waals surface area contributed by atoms with Crippen LogP contribution < -0.4 is 0 Å². The molecule has 0 aliphatic rings. The Balaban J connectivity index is 3.29. The van der Waals surface area contributed by atoms with Crippen molar-refractivity contribution in [2.24, 2.45) is 0 Å². The highest BCUT2D eigenvalue weighted by Gasteiger charge is 2.46. The molecule has 1 unspecified atom stereocenters. The molecule has 0 spiro atoms. The van der Waals surface area contributed by atoms with Gasteiger partial charge in [0, 0.05) is 0 Å². The highest BCUT2D eigenvalue weighted by molar-refractivity contribution is 7.93. The van der Waals surface area contributed by atoms with Crippen LogP contribution >= 0.6 is 0 Å². The number of hydrogen-bond acceptors (Lipinski definition) is 5. The first kappa shape index (κ1) is 13.7. The van der Waals surface area contributed by atoms with Crippen molar-refractivity contribution in [3.05, 3.63) is 29.8 Å². The Bertz CT molecular complexity index is 513. The van der Waals surface area contributed by atoms with Gasteiger partial charge in [-0.1, -0.05) is 17.7 Å². The van der Waals surface area contributed by atoms with E-state index in [-0.39, 0.29) is 4.90 Å². The predicted octanol–water partition coefficient (Wildman–Crippen LogP) is 0.650. The standard InChI is InChI=1S/C11H14O5S/c1-8-4-6-9(7-5-8)17(14,15)11(2,13)10(12)16-3/h4-7,13H,1-3H3. The molecule has 1 aromatic rings. The number of carbonyl (C=O) groups excluding carboxylic acids is 1. The Hall–Kier alpha value is -1.40. The number of carbonyl (C=O) groups is 1. The summed E-state index contributed by atoms with van der Waals surface area (Å²) >= 11 is 0. The zero-order valence-electron chi connectivity index (χ0n) is 9.80. The van der Waals surface area contributed by atoms with Gasteiger partial charge in [-0.25, -0.2) is 13.2 Å². The number of methoxy groups -OCH3 is 1. The summed E-state index contributed by atoms with van der Waals surface area (Å²) in [5, 5.41) is 9.77. The lowest BCUT2D eigenvalue weighted by Crippen LogP contribution is -2.44. The molecule has 94 valence electrons. The summed E-state index contributed by atoms with van der Waals surface area (Å²) < 4.78 is 28.3. The fourth-order valence-corrected chi connectivity index (χ4v) is 2.50. The van der Waals surface area contributed by atoms with Crippen molar-refractivity contribution in [2.75, 3.05) is 7.11 Å². The normalized spacial score (nSPS) is 15.1. The van der Waals surface area contributed by atoms with Gasteiger partial charge in [0.2, 0.25) is 9.84 Å². The van der Waals surface area contributed by atoms with Gasteiger partial charge in [-0.15, -0.1) is 0 Å². The Morgan fingerprint density at radius 2 is 1.76 bits per heavy atom. The van der Waals surface area contributed by atoms with Crippen molar-refractivity contribution in [1.82, 2.24) is 0 Å². The van der Waals surface area contributed by atoms with Crippen molar-refractivity contribution in [3.8, 4) is 0 Å². The van der Waals surface area contributed by atoms with E-state index >= 15 is 0 Å². The molecule has 0 radical (unpaired) electrons. The zero-order chi connectivity index (χ0) is 13.3. The summed E-state index contributed by atoms with van der Waals surface area (Å²) in [6.07, 6.45) is 0. The van der Waals surface area contributed by atoms with E-state index in [1.807, 2.05) is 0 Å². The minimum Gasteiger partial charge on any atom is -0.466 e. The van der Waals surface area contributed by atoms with Gasteiger partial charge in [-0.2, -0.15) is 0 Å². The second kappa shape index (κ2) is 4.46. The summed E-state index contributed by atoms with van der Waals surface area (Å²) in [4.78, 5) is 8.56. The lowest BCUT2D eigenvalue weighted by molar-refractivity contribution is -0.152. The Labute approximate surface area is 100.0 Å². The topological polar surface area (TPSA) is 80.7 Å². The molecule has 1 aromatic carbocycles. The van der Waals surface area contributed by atoms with Gasteiger partial charge in [-0.3, -0.25) is 0 Å². The van der Waals surface area contributed by atoms with Crippen molar-refractivity contribution >= 4 is 15.8 Å². The Morgan fingerprint density at radius 3 is 2.18 bits per heavy atom. The van der Waals surface area contributed by atoms with E-state index < -0.39 is 20.7 Å². The molecule has 0 amide bonds. The fraction of sp³-hybridized carbons (Fsp3) is 0.364. The van der Waals surface area contributed by atoms with Crippen molar-refractivity contribution in [1.29, 1.82) is 0 Å². The molecule has 0 aromatic heterocycles. The lowest BCUT2D eigenvalue weighted by Gasteiger charge is -2.20. The van der Waals surface area contributed by atoms with Gasteiger partial charge >= 0.3 is 5.97 Å². The number of ether oxygens (including phenoxy) is 1. The molecule has 17 heavy (non-hydrogen) atoms. The smallest absolute Gasteiger partial charge is 0.354 e. The predicted molar refractivity (Wildman–Crippen MR) is 61.0 cm³/mol. The van der Waals surface area contributed by atoms with Gasteiger partial charge in [0.05, 0.1) is 12.0 Å². The second-order valence-electron chi connectivity index (χ2n) is 3.79. The Morgan fingerprint density at radius 1 is 1.29 bits per heavy atom. The number of esters is 1. The third-order valence-corrected chi connectivity index (χ3v) is 4.52. The summed E-state index contributed by atoms with van der Waals surface area (Å²) in [5.74, 6) is -1.21. The van der Waals surface area contributed by atoms with E-state index in [0.717, 1.165) is 19.6 Å². The average Bonchev–Trinajstić information content (AvgIpc) is 2.28. The van der Waals surface area contributed by atoms with Crippen LogP contribution in [0.25, 0.3) is 0 Å². The molecule has 0 heterocycles. The number of sulfone groups is 1. The van der Waals surface area contributed by atoms with Crippen LogP contribution in [0.5, 0.6) is 0 Å². The van der Waals surface area contributed by atoms with Gasteiger partial charge in [0.15, 0.2) is 0 Å². The molecular formula is C11H14O5S. The monoisotopic (exact) mass is 258 g/mol. The van der Waals surface area contributed by atoms with Gasteiger partial charge in [-0.05, 0) is 26.0 Å². The molecule has 5 nitrogen and oxygen atoms in total. The zero-order valence-corrected chi connectivity index (χ0v) is 10.6. The van der Waals surface area contributed by atoms with Crippen LogP contribution in [0.3, 0.4) is 0 Å². The van der Waals surface area contributed by atoms with E-state index in [2.05, 4.69) is 4.74 Å². The summed E-state index contributed by atoms with van der Waals surface area (Å²) in [5.41, 5.74) is 0.877. The van der Waals surface area contributed by atoms with Crippen molar-refractivity contribution in [2.45, 2.75) is 23.7 Å². The highest BCUT2D eigenvalue weighted by Crippen LogP contribution is 2.24. The summed E-state index contributed by atoms with van der Waals surface area (Å²) in [7, 11) is -3.17. The van der Waals surface area contributed by atoms with E-state index in [1.54, 1.807) is 19.1 Å². The van der Waals surface area contributed by atoms with E-state index in [9.17, 15) is 18.3 Å². The first-order valence-electron chi connectivity index (χ1n) is 4.85.